The van der Waals surface area contributed by atoms with Crippen LogP contribution in [0.5, 0.6) is 0 Å². The van der Waals surface area contributed by atoms with Gasteiger partial charge in [-0.05, 0) is 26.2 Å². The largest absolute Gasteiger partial charge is 0.453 e. The van der Waals surface area contributed by atoms with E-state index in [4.69, 9.17) is 21.1 Å². The Labute approximate surface area is 140 Å². The highest BCUT2D eigenvalue weighted by molar-refractivity contribution is 6.18. The Morgan fingerprint density at radius 2 is 2.09 bits per heavy atom. The Morgan fingerprint density at radius 3 is 2.57 bits per heavy atom. The molecule has 2 N–H and O–H groups in total. The zero-order valence-corrected chi connectivity index (χ0v) is 14.4. The van der Waals surface area contributed by atoms with Crippen LogP contribution in [-0.4, -0.2) is 52.3 Å². The van der Waals surface area contributed by atoms with Gasteiger partial charge in [0.05, 0.1) is 24.2 Å². The summed E-state index contributed by atoms with van der Waals surface area (Å²) >= 11 is 5.79. The molecule has 3 fully saturated rings. The summed E-state index contributed by atoms with van der Waals surface area (Å²) in [5, 5.41) is 13.8. The van der Waals surface area contributed by atoms with E-state index >= 15 is 0 Å². The number of carbonyl (C=O) groups excluding carboxylic acids is 2. The number of alkyl halides is 1. The third-order valence-electron chi connectivity index (χ3n) is 5.88. The number of carbonyl (C=O) groups is 2. The van der Waals surface area contributed by atoms with E-state index in [2.05, 4.69) is 5.32 Å². The summed E-state index contributed by atoms with van der Waals surface area (Å²) in [6.45, 7) is 5.69. The van der Waals surface area contributed by atoms with Gasteiger partial charge in [0.1, 0.15) is 0 Å². The lowest BCUT2D eigenvalue weighted by molar-refractivity contribution is -0.239. The molecule has 1 unspecified atom stereocenters. The molecule has 0 aliphatic carbocycles. The summed E-state index contributed by atoms with van der Waals surface area (Å²) < 4.78 is 11.0. The van der Waals surface area contributed by atoms with Crippen molar-refractivity contribution in [3.8, 4) is 0 Å². The van der Waals surface area contributed by atoms with Gasteiger partial charge in [-0.3, -0.25) is 4.79 Å². The van der Waals surface area contributed by atoms with Crippen molar-refractivity contribution < 1.29 is 24.2 Å². The van der Waals surface area contributed by atoms with Crippen LogP contribution < -0.4 is 5.32 Å². The fourth-order valence-electron chi connectivity index (χ4n) is 4.38. The summed E-state index contributed by atoms with van der Waals surface area (Å²) in [6.07, 6.45) is 0.928. The first-order valence-electron chi connectivity index (χ1n) is 8.32. The molecule has 0 aromatic rings. The smallest absolute Gasteiger partial charge is 0.339 e. The Balaban J connectivity index is 1.90. The van der Waals surface area contributed by atoms with E-state index in [9.17, 15) is 14.7 Å². The number of epoxide rings is 1. The standard InChI is InChI=1S/C16H24ClNO5/c1-4-8(11-10(5-2)22-11)12(19)16-14(21)23-15(16,3)9(6-7-17)13(20)18-16/h8-12,19H,4-7H2,1-3H3,(H,18,20)/t8-,9-,10?,11+,12-,15-,16-/m0/s1. The minimum absolute atomic E-state index is 0.0731. The van der Waals surface area contributed by atoms with Crippen molar-refractivity contribution in [1.82, 2.24) is 5.32 Å². The van der Waals surface area contributed by atoms with Crippen molar-refractivity contribution in [2.24, 2.45) is 11.8 Å². The van der Waals surface area contributed by atoms with Crippen molar-refractivity contribution in [2.45, 2.75) is 69.5 Å². The zero-order chi connectivity index (χ0) is 17.0. The first-order chi connectivity index (χ1) is 10.9. The molecule has 0 radical (unpaired) electrons. The van der Waals surface area contributed by atoms with Crippen LogP contribution in [0.4, 0.5) is 0 Å². The summed E-state index contributed by atoms with van der Waals surface area (Å²) in [5.41, 5.74) is -2.44. The average Bonchev–Trinajstić information content (AvgIpc) is 3.26. The van der Waals surface area contributed by atoms with Crippen molar-refractivity contribution in [3.05, 3.63) is 0 Å². The summed E-state index contributed by atoms with van der Waals surface area (Å²) in [4.78, 5) is 24.7. The van der Waals surface area contributed by atoms with E-state index in [0.29, 0.717) is 12.8 Å². The minimum Gasteiger partial charge on any atom is -0.453 e. The van der Waals surface area contributed by atoms with Crippen LogP contribution in [0.2, 0.25) is 0 Å². The van der Waals surface area contributed by atoms with Gasteiger partial charge in [-0.1, -0.05) is 13.8 Å². The minimum atomic E-state index is -1.38. The third kappa shape index (κ3) is 2.07. The number of amides is 1. The SMILES string of the molecule is CCC1O[C@@H]1[C@H](CC)[C@H](O)[C@@]12NC(=O)[C@H](CCCl)[C@]1(C)OC2=O. The molecule has 23 heavy (non-hydrogen) atoms. The highest BCUT2D eigenvalue weighted by Gasteiger charge is 2.80. The molecule has 0 saturated carbocycles. The molecule has 7 atom stereocenters. The number of rotatable bonds is 7. The molecular weight excluding hydrogens is 322 g/mol. The van der Waals surface area contributed by atoms with E-state index in [1.165, 1.54) is 0 Å². The first-order valence-corrected chi connectivity index (χ1v) is 8.85. The molecule has 0 aromatic heterocycles. The molecule has 0 bridgehead atoms. The Morgan fingerprint density at radius 1 is 1.39 bits per heavy atom. The van der Waals surface area contributed by atoms with Crippen LogP contribution in [0.15, 0.2) is 0 Å². The van der Waals surface area contributed by atoms with Gasteiger partial charge < -0.3 is 19.9 Å². The molecule has 0 aromatic carbocycles. The van der Waals surface area contributed by atoms with Gasteiger partial charge in [0.15, 0.2) is 5.60 Å². The molecule has 6 nitrogen and oxygen atoms in total. The number of nitrogens with one attached hydrogen (secondary N) is 1. The number of fused-ring (bicyclic) bond motifs is 1. The lowest BCUT2D eigenvalue weighted by atomic mass is 9.64. The van der Waals surface area contributed by atoms with Gasteiger partial charge in [0, 0.05) is 11.8 Å². The van der Waals surface area contributed by atoms with Crippen LogP contribution >= 0.6 is 11.6 Å². The van der Waals surface area contributed by atoms with Gasteiger partial charge in [0.25, 0.3) is 0 Å². The molecule has 3 heterocycles. The van der Waals surface area contributed by atoms with Gasteiger partial charge in [-0.2, -0.15) is 0 Å². The Bertz CT molecular complexity index is 529. The molecule has 130 valence electrons. The monoisotopic (exact) mass is 345 g/mol. The first kappa shape index (κ1) is 17.0. The third-order valence-corrected chi connectivity index (χ3v) is 6.09. The maximum absolute atomic E-state index is 12.4. The lowest BCUT2D eigenvalue weighted by Crippen LogP contribution is -2.80. The van der Waals surface area contributed by atoms with E-state index < -0.39 is 29.1 Å². The Hall–Kier alpha value is -0.850. The normalized spacial score (nSPS) is 44.0. The topological polar surface area (TPSA) is 88.2 Å². The predicted octanol–water partition coefficient (Wildman–Crippen LogP) is 0.980. The van der Waals surface area contributed by atoms with Crippen molar-refractivity contribution in [1.29, 1.82) is 0 Å². The molecule has 0 spiro atoms. The molecule has 3 saturated heterocycles. The van der Waals surface area contributed by atoms with Crippen molar-refractivity contribution in [2.75, 3.05) is 5.88 Å². The molecule has 1 amide bonds. The van der Waals surface area contributed by atoms with Crippen LogP contribution in [-0.2, 0) is 19.1 Å². The average molecular weight is 346 g/mol. The van der Waals surface area contributed by atoms with Crippen LogP contribution in [0.25, 0.3) is 0 Å². The highest BCUT2D eigenvalue weighted by atomic mass is 35.5. The van der Waals surface area contributed by atoms with E-state index in [1.807, 2.05) is 13.8 Å². The molecule has 3 aliphatic rings. The molecule has 3 rings (SSSR count). The fraction of sp³-hybridized carbons (Fsp3) is 0.875. The van der Waals surface area contributed by atoms with Gasteiger partial charge in [-0.25, -0.2) is 4.79 Å². The number of halogens is 1. The second-order valence-corrected chi connectivity index (χ2v) is 7.27. The van der Waals surface area contributed by atoms with Gasteiger partial charge >= 0.3 is 5.97 Å². The fourth-order valence-corrected chi connectivity index (χ4v) is 4.60. The van der Waals surface area contributed by atoms with Crippen molar-refractivity contribution >= 4 is 23.5 Å². The molecule has 7 heteroatoms. The second kappa shape index (κ2) is 5.60. The predicted molar refractivity (Wildman–Crippen MR) is 82.9 cm³/mol. The molecule has 3 aliphatic heterocycles. The maximum Gasteiger partial charge on any atom is 0.339 e. The number of esters is 1. The number of aliphatic hydroxyl groups is 1. The number of hydrogen-bond acceptors (Lipinski definition) is 5. The summed E-state index contributed by atoms with van der Waals surface area (Å²) in [7, 11) is 0. The number of aliphatic hydroxyl groups excluding tert-OH is 1. The zero-order valence-electron chi connectivity index (χ0n) is 13.7. The second-order valence-electron chi connectivity index (χ2n) is 6.89. The highest BCUT2D eigenvalue weighted by Crippen LogP contribution is 2.54. The lowest BCUT2D eigenvalue weighted by Gasteiger charge is -2.54. The quantitative estimate of drug-likeness (QED) is 0.408. The van der Waals surface area contributed by atoms with Gasteiger partial charge in [0.2, 0.25) is 11.4 Å². The van der Waals surface area contributed by atoms with E-state index in [-0.39, 0.29) is 29.9 Å². The maximum atomic E-state index is 12.4. The van der Waals surface area contributed by atoms with Crippen molar-refractivity contribution in [3.63, 3.8) is 0 Å². The number of ether oxygens (including phenoxy) is 2. The molecular formula is C16H24ClNO5. The Kier molecular flexibility index (Phi) is 4.14. The summed E-state index contributed by atoms with van der Waals surface area (Å²) in [6, 6.07) is 0. The van der Waals surface area contributed by atoms with Crippen LogP contribution in [0.1, 0.15) is 40.0 Å². The van der Waals surface area contributed by atoms with Gasteiger partial charge in [-0.15, -0.1) is 11.6 Å². The summed E-state index contributed by atoms with van der Waals surface area (Å²) in [5.74, 6) is -1.31. The van der Waals surface area contributed by atoms with E-state index in [1.54, 1.807) is 6.92 Å². The van der Waals surface area contributed by atoms with E-state index in [0.717, 1.165) is 6.42 Å². The van der Waals surface area contributed by atoms with Crippen LogP contribution in [0.3, 0.4) is 0 Å². The number of hydrogen-bond donors (Lipinski definition) is 2. The van der Waals surface area contributed by atoms with Crippen LogP contribution in [0, 0.1) is 11.8 Å².